The summed E-state index contributed by atoms with van der Waals surface area (Å²) in [6, 6.07) is 5.70. The predicted molar refractivity (Wildman–Crippen MR) is 98.1 cm³/mol. The summed E-state index contributed by atoms with van der Waals surface area (Å²) >= 11 is 0. The van der Waals surface area contributed by atoms with Crippen LogP contribution in [0.25, 0.3) is 16.5 Å². The van der Waals surface area contributed by atoms with Crippen molar-refractivity contribution < 1.29 is 17.2 Å². The van der Waals surface area contributed by atoms with Gasteiger partial charge in [0.2, 0.25) is 0 Å². The lowest BCUT2D eigenvalue weighted by Gasteiger charge is -2.13. The molecule has 0 aliphatic carbocycles. The van der Waals surface area contributed by atoms with Crippen LogP contribution in [0.15, 0.2) is 45.9 Å². The fourth-order valence-electron chi connectivity index (χ4n) is 3.46. The molecule has 26 heavy (non-hydrogen) atoms. The number of benzene rings is 1. The van der Waals surface area contributed by atoms with Crippen molar-refractivity contribution in [2.75, 3.05) is 13.1 Å². The van der Waals surface area contributed by atoms with Crippen LogP contribution in [0.2, 0.25) is 0 Å². The molecule has 3 aromatic rings. The van der Waals surface area contributed by atoms with Crippen LogP contribution < -0.4 is 5.32 Å². The van der Waals surface area contributed by atoms with Gasteiger partial charge in [0.05, 0.1) is 5.52 Å². The number of rotatable bonds is 3. The number of hydrogen-bond acceptors (Lipinski definition) is 4. The third kappa shape index (κ3) is 2.68. The summed E-state index contributed by atoms with van der Waals surface area (Å²) in [6.07, 6.45) is 4.38. The molecule has 0 saturated carbocycles. The van der Waals surface area contributed by atoms with E-state index in [0.29, 0.717) is 29.0 Å². The third-order valence-electron chi connectivity index (χ3n) is 4.67. The van der Waals surface area contributed by atoms with E-state index in [1.165, 1.54) is 28.2 Å². The number of aromatic nitrogens is 1. The maximum Gasteiger partial charge on any atom is 0.271 e. The van der Waals surface area contributed by atoms with Crippen molar-refractivity contribution in [1.82, 2.24) is 9.29 Å². The molecule has 1 N–H and O–H groups in total. The fourth-order valence-corrected chi connectivity index (χ4v) is 5.06. The first kappa shape index (κ1) is 17.1. The largest absolute Gasteiger partial charge is 0.465 e. The summed E-state index contributed by atoms with van der Waals surface area (Å²) in [5, 5.41) is 3.83. The summed E-state index contributed by atoms with van der Waals surface area (Å²) < 4.78 is 47.0. The summed E-state index contributed by atoms with van der Waals surface area (Å²) in [4.78, 5) is 0.127. The van der Waals surface area contributed by atoms with Crippen LogP contribution in [-0.2, 0) is 10.0 Å². The lowest BCUT2D eigenvalue weighted by molar-refractivity contribution is 0.496. The van der Waals surface area contributed by atoms with Gasteiger partial charge in [-0.25, -0.2) is 16.8 Å². The second kappa shape index (κ2) is 6.10. The van der Waals surface area contributed by atoms with Gasteiger partial charge in [-0.3, -0.25) is 0 Å². The number of aryl methyl sites for hydroxylation is 2. The van der Waals surface area contributed by atoms with Crippen LogP contribution >= 0.6 is 0 Å². The summed E-state index contributed by atoms with van der Waals surface area (Å²) in [5.74, 6) is 0.484. The first-order valence-electron chi connectivity index (χ1n) is 8.41. The molecule has 0 spiro atoms. The van der Waals surface area contributed by atoms with Gasteiger partial charge in [-0.15, -0.1) is 0 Å². The SMILES string of the molecule is Cc1cc(S(=O)(=O)n2cc(C3=CCNCC3)c3cc(F)ccc32)c(C)o1. The Morgan fingerprint density at radius 1 is 1.23 bits per heavy atom. The molecule has 4 rings (SSSR count). The Morgan fingerprint density at radius 3 is 2.69 bits per heavy atom. The minimum Gasteiger partial charge on any atom is -0.465 e. The summed E-state index contributed by atoms with van der Waals surface area (Å²) in [7, 11) is -3.85. The predicted octanol–water partition coefficient (Wildman–Crippen LogP) is 3.60. The summed E-state index contributed by atoms with van der Waals surface area (Å²) in [6.45, 7) is 4.85. The first-order valence-corrected chi connectivity index (χ1v) is 9.85. The Bertz CT molecular complexity index is 1140. The van der Waals surface area contributed by atoms with E-state index in [-0.39, 0.29) is 4.90 Å². The van der Waals surface area contributed by atoms with Crippen molar-refractivity contribution in [2.45, 2.75) is 25.2 Å². The maximum atomic E-state index is 13.9. The van der Waals surface area contributed by atoms with Crippen molar-refractivity contribution in [3.8, 4) is 0 Å². The molecule has 0 atom stereocenters. The molecule has 0 unspecified atom stereocenters. The minimum absolute atomic E-state index is 0.127. The highest BCUT2D eigenvalue weighted by atomic mass is 32.2. The monoisotopic (exact) mass is 374 g/mol. The van der Waals surface area contributed by atoms with E-state index in [9.17, 15) is 12.8 Å². The molecule has 2 aromatic heterocycles. The van der Waals surface area contributed by atoms with Gasteiger partial charge in [0.15, 0.2) is 0 Å². The fraction of sp³-hybridized carbons (Fsp3) is 0.263. The highest BCUT2D eigenvalue weighted by molar-refractivity contribution is 7.90. The molecule has 0 bridgehead atoms. The first-order chi connectivity index (χ1) is 12.4. The van der Waals surface area contributed by atoms with Crippen molar-refractivity contribution in [2.24, 2.45) is 0 Å². The quantitative estimate of drug-likeness (QED) is 0.761. The van der Waals surface area contributed by atoms with E-state index in [2.05, 4.69) is 5.32 Å². The topological polar surface area (TPSA) is 64.2 Å². The van der Waals surface area contributed by atoms with Gasteiger partial charge < -0.3 is 9.73 Å². The molecule has 0 fully saturated rings. The normalized spacial score (nSPS) is 15.4. The van der Waals surface area contributed by atoms with E-state index >= 15 is 0 Å². The van der Waals surface area contributed by atoms with Gasteiger partial charge in [-0.1, -0.05) is 6.08 Å². The Hall–Kier alpha value is -2.38. The smallest absolute Gasteiger partial charge is 0.271 e. The second-order valence-corrected chi connectivity index (χ2v) is 8.25. The average molecular weight is 374 g/mol. The molecule has 136 valence electrons. The minimum atomic E-state index is -3.85. The molecule has 1 aliphatic heterocycles. The molecular weight excluding hydrogens is 355 g/mol. The Labute approximate surface area is 151 Å². The van der Waals surface area contributed by atoms with Crippen molar-refractivity contribution in [3.05, 3.63) is 59.4 Å². The number of furan rings is 1. The van der Waals surface area contributed by atoms with Crippen molar-refractivity contribution >= 4 is 26.5 Å². The zero-order valence-corrected chi connectivity index (χ0v) is 15.4. The van der Waals surface area contributed by atoms with E-state index in [0.717, 1.165) is 24.1 Å². The lowest BCUT2D eigenvalue weighted by Crippen LogP contribution is -2.20. The Morgan fingerprint density at radius 2 is 2.04 bits per heavy atom. The van der Waals surface area contributed by atoms with E-state index in [1.54, 1.807) is 20.0 Å². The van der Waals surface area contributed by atoms with Crippen LogP contribution in [0, 0.1) is 19.7 Å². The van der Waals surface area contributed by atoms with Crippen LogP contribution in [0.1, 0.15) is 23.5 Å². The lowest BCUT2D eigenvalue weighted by atomic mass is 10.00. The zero-order chi connectivity index (χ0) is 18.5. The number of nitrogens with one attached hydrogen (secondary N) is 1. The number of fused-ring (bicyclic) bond motifs is 1. The number of nitrogens with zero attached hydrogens (tertiary/aromatic N) is 1. The van der Waals surface area contributed by atoms with Gasteiger partial charge in [0.25, 0.3) is 10.0 Å². The average Bonchev–Trinajstić information content (AvgIpc) is 3.16. The van der Waals surface area contributed by atoms with Gasteiger partial charge in [0, 0.05) is 29.8 Å². The molecule has 0 amide bonds. The molecule has 0 saturated heterocycles. The van der Waals surface area contributed by atoms with Crippen LogP contribution in [-0.4, -0.2) is 25.5 Å². The Kier molecular flexibility index (Phi) is 4.00. The van der Waals surface area contributed by atoms with E-state index in [1.807, 2.05) is 6.08 Å². The van der Waals surface area contributed by atoms with Crippen LogP contribution in [0.5, 0.6) is 0 Å². The number of halogens is 1. The Balaban J connectivity index is 1.99. The molecule has 0 radical (unpaired) electrons. The molecule has 1 aromatic carbocycles. The highest BCUT2D eigenvalue weighted by Crippen LogP contribution is 2.33. The molecule has 7 heteroatoms. The summed E-state index contributed by atoms with van der Waals surface area (Å²) in [5.41, 5.74) is 2.23. The van der Waals surface area contributed by atoms with Gasteiger partial charge >= 0.3 is 0 Å². The van der Waals surface area contributed by atoms with E-state index < -0.39 is 15.8 Å². The van der Waals surface area contributed by atoms with Crippen LogP contribution in [0.4, 0.5) is 4.39 Å². The zero-order valence-electron chi connectivity index (χ0n) is 14.5. The molecule has 5 nitrogen and oxygen atoms in total. The van der Waals surface area contributed by atoms with Gasteiger partial charge in [0.1, 0.15) is 22.2 Å². The second-order valence-electron chi connectivity index (χ2n) is 6.47. The van der Waals surface area contributed by atoms with Crippen molar-refractivity contribution in [1.29, 1.82) is 0 Å². The van der Waals surface area contributed by atoms with Crippen LogP contribution in [0.3, 0.4) is 0 Å². The van der Waals surface area contributed by atoms with Gasteiger partial charge in [-0.05, 0) is 50.6 Å². The van der Waals surface area contributed by atoms with Crippen molar-refractivity contribution in [3.63, 3.8) is 0 Å². The van der Waals surface area contributed by atoms with Gasteiger partial charge in [-0.2, -0.15) is 0 Å². The molecule has 1 aliphatic rings. The third-order valence-corrected chi connectivity index (χ3v) is 6.46. The number of hydrogen-bond donors (Lipinski definition) is 1. The standard InChI is InChI=1S/C19H19FN2O3S/c1-12-9-19(13(2)25-12)26(23,24)22-11-17(14-5-7-21-8-6-14)16-10-15(20)3-4-18(16)22/h3-5,9-11,21H,6-8H2,1-2H3. The molecular formula is C19H19FN2O3S. The highest BCUT2D eigenvalue weighted by Gasteiger charge is 2.26. The van der Waals surface area contributed by atoms with E-state index in [4.69, 9.17) is 4.42 Å². The maximum absolute atomic E-state index is 13.9. The molecule has 3 heterocycles.